The third-order valence-corrected chi connectivity index (χ3v) is 2.16. The van der Waals surface area contributed by atoms with Gasteiger partial charge in [-0.1, -0.05) is 13.8 Å². The Labute approximate surface area is 86.5 Å². The summed E-state index contributed by atoms with van der Waals surface area (Å²) in [5.41, 5.74) is 1.26. The highest BCUT2D eigenvalue weighted by Gasteiger charge is 2.04. The van der Waals surface area contributed by atoms with Crippen molar-refractivity contribution in [3.05, 3.63) is 18.2 Å². The Kier molecular flexibility index (Phi) is 4.14. The van der Waals surface area contributed by atoms with Gasteiger partial charge < -0.3 is 9.88 Å². The predicted molar refractivity (Wildman–Crippen MR) is 59.2 cm³/mol. The minimum atomic E-state index is 0.494. The van der Waals surface area contributed by atoms with Crippen molar-refractivity contribution < 1.29 is 0 Å². The van der Waals surface area contributed by atoms with E-state index >= 15 is 0 Å². The summed E-state index contributed by atoms with van der Waals surface area (Å²) in [4.78, 5) is 4.16. The van der Waals surface area contributed by atoms with Crippen LogP contribution in [0, 0.1) is 5.92 Å². The summed E-state index contributed by atoms with van der Waals surface area (Å²) in [7, 11) is 0. The SMILES string of the molecule is CC(C)CNCc1cncn1C(C)C. The fraction of sp³-hybridized carbons (Fsp3) is 0.727. The maximum absolute atomic E-state index is 4.16. The Hall–Kier alpha value is -0.830. The molecular weight excluding hydrogens is 174 g/mol. The molecule has 0 aromatic carbocycles. The van der Waals surface area contributed by atoms with Gasteiger partial charge in [0.15, 0.2) is 0 Å². The molecule has 0 amide bonds. The zero-order valence-electron chi connectivity index (χ0n) is 9.62. The predicted octanol–water partition coefficient (Wildman–Crippen LogP) is 2.21. The van der Waals surface area contributed by atoms with E-state index in [0.717, 1.165) is 13.1 Å². The highest BCUT2D eigenvalue weighted by Crippen LogP contribution is 2.08. The van der Waals surface area contributed by atoms with Crippen LogP contribution in [0.5, 0.6) is 0 Å². The lowest BCUT2D eigenvalue weighted by Gasteiger charge is -2.13. The van der Waals surface area contributed by atoms with Crippen molar-refractivity contribution in [1.29, 1.82) is 0 Å². The molecule has 1 heterocycles. The standard InChI is InChI=1S/C11H21N3/c1-9(2)5-12-6-11-7-13-8-14(11)10(3)4/h7-10,12H,5-6H2,1-4H3. The first-order valence-electron chi connectivity index (χ1n) is 5.32. The highest BCUT2D eigenvalue weighted by atomic mass is 15.1. The molecule has 14 heavy (non-hydrogen) atoms. The Morgan fingerprint density at radius 3 is 2.64 bits per heavy atom. The highest BCUT2D eigenvalue weighted by molar-refractivity contribution is 4.99. The number of aromatic nitrogens is 2. The van der Waals surface area contributed by atoms with Crippen molar-refractivity contribution in [2.75, 3.05) is 6.54 Å². The zero-order chi connectivity index (χ0) is 10.6. The second-order valence-corrected chi connectivity index (χ2v) is 4.41. The molecule has 0 aliphatic heterocycles. The topological polar surface area (TPSA) is 29.9 Å². The number of nitrogens with one attached hydrogen (secondary N) is 1. The molecule has 1 N–H and O–H groups in total. The number of hydrogen-bond acceptors (Lipinski definition) is 2. The quantitative estimate of drug-likeness (QED) is 0.780. The Morgan fingerprint density at radius 2 is 2.07 bits per heavy atom. The van der Waals surface area contributed by atoms with Gasteiger partial charge in [-0.05, 0) is 26.3 Å². The first-order chi connectivity index (χ1) is 6.61. The van der Waals surface area contributed by atoms with Crippen LogP contribution >= 0.6 is 0 Å². The second kappa shape index (κ2) is 5.15. The average Bonchev–Trinajstić information content (AvgIpc) is 2.51. The van der Waals surface area contributed by atoms with E-state index in [9.17, 15) is 0 Å². The largest absolute Gasteiger partial charge is 0.331 e. The van der Waals surface area contributed by atoms with E-state index in [1.54, 1.807) is 0 Å². The molecular formula is C11H21N3. The number of nitrogens with zero attached hydrogens (tertiary/aromatic N) is 2. The molecule has 0 saturated heterocycles. The van der Waals surface area contributed by atoms with E-state index in [-0.39, 0.29) is 0 Å². The maximum atomic E-state index is 4.16. The van der Waals surface area contributed by atoms with Crippen LogP contribution in [0.3, 0.4) is 0 Å². The van der Waals surface area contributed by atoms with Crippen LogP contribution in [0.25, 0.3) is 0 Å². The molecule has 1 rings (SSSR count). The molecule has 0 bridgehead atoms. The second-order valence-electron chi connectivity index (χ2n) is 4.41. The number of hydrogen-bond donors (Lipinski definition) is 1. The van der Waals surface area contributed by atoms with Crippen molar-refractivity contribution in [1.82, 2.24) is 14.9 Å². The summed E-state index contributed by atoms with van der Waals surface area (Å²) in [6, 6.07) is 0.494. The van der Waals surface area contributed by atoms with E-state index < -0.39 is 0 Å². The molecule has 1 aromatic rings. The van der Waals surface area contributed by atoms with Crippen molar-refractivity contribution in [2.24, 2.45) is 5.92 Å². The molecule has 3 nitrogen and oxygen atoms in total. The zero-order valence-corrected chi connectivity index (χ0v) is 9.62. The third-order valence-electron chi connectivity index (χ3n) is 2.16. The third kappa shape index (κ3) is 3.14. The lowest BCUT2D eigenvalue weighted by molar-refractivity contribution is 0.516. The summed E-state index contributed by atoms with van der Waals surface area (Å²) >= 11 is 0. The van der Waals surface area contributed by atoms with Gasteiger partial charge in [0, 0.05) is 18.8 Å². The Morgan fingerprint density at radius 1 is 1.36 bits per heavy atom. The Balaban J connectivity index is 2.46. The molecule has 0 aliphatic carbocycles. The normalized spacial score (nSPS) is 11.6. The summed E-state index contributed by atoms with van der Waals surface area (Å²) in [6.45, 7) is 10.8. The summed E-state index contributed by atoms with van der Waals surface area (Å²) in [6.07, 6.45) is 3.84. The van der Waals surface area contributed by atoms with Gasteiger partial charge in [-0.3, -0.25) is 0 Å². The van der Waals surface area contributed by atoms with Crippen LogP contribution < -0.4 is 5.32 Å². The lowest BCUT2D eigenvalue weighted by Crippen LogP contribution is -2.21. The van der Waals surface area contributed by atoms with E-state index in [2.05, 4.69) is 42.6 Å². The van der Waals surface area contributed by atoms with Crippen LogP contribution in [0.2, 0.25) is 0 Å². The van der Waals surface area contributed by atoms with Gasteiger partial charge in [0.2, 0.25) is 0 Å². The van der Waals surface area contributed by atoms with Gasteiger partial charge in [0.25, 0.3) is 0 Å². The van der Waals surface area contributed by atoms with Gasteiger partial charge in [0.05, 0.1) is 12.0 Å². The van der Waals surface area contributed by atoms with Crippen molar-refractivity contribution in [3.8, 4) is 0 Å². The molecule has 0 unspecified atom stereocenters. The van der Waals surface area contributed by atoms with Crippen LogP contribution in [0.1, 0.15) is 39.4 Å². The fourth-order valence-electron chi connectivity index (χ4n) is 1.42. The van der Waals surface area contributed by atoms with E-state index in [1.807, 2.05) is 12.5 Å². The monoisotopic (exact) mass is 195 g/mol. The van der Waals surface area contributed by atoms with E-state index in [4.69, 9.17) is 0 Å². The molecule has 3 heteroatoms. The minimum Gasteiger partial charge on any atom is -0.331 e. The molecule has 0 atom stereocenters. The molecule has 0 saturated carbocycles. The lowest BCUT2D eigenvalue weighted by atomic mass is 10.2. The van der Waals surface area contributed by atoms with Gasteiger partial charge in [-0.2, -0.15) is 0 Å². The number of rotatable bonds is 5. The molecule has 0 aliphatic rings. The van der Waals surface area contributed by atoms with Gasteiger partial charge >= 0.3 is 0 Å². The Bertz CT molecular complexity index is 263. The van der Waals surface area contributed by atoms with E-state index in [0.29, 0.717) is 12.0 Å². The smallest absolute Gasteiger partial charge is 0.0951 e. The van der Waals surface area contributed by atoms with Gasteiger partial charge in [0.1, 0.15) is 0 Å². The first-order valence-corrected chi connectivity index (χ1v) is 5.32. The fourth-order valence-corrected chi connectivity index (χ4v) is 1.42. The van der Waals surface area contributed by atoms with Gasteiger partial charge in [-0.15, -0.1) is 0 Å². The maximum Gasteiger partial charge on any atom is 0.0951 e. The van der Waals surface area contributed by atoms with Crippen molar-refractivity contribution in [3.63, 3.8) is 0 Å². The molecule has 0 spiro atoms. The van der Waals surface area contributed by atoms with Crippen LogP contribution in [0.15, 0.2) is 12.5 Å². The van der Waals surface area contributed by atoms with Crippen molar-refractivity contribution in [2.45, 2.75) is 40.3 Å². The summed E-state index contributed by atoms with van der Waals surface area (Å²) in [5, 5.41) is 3.42. The molecule has 1 aromatic heterocycles. The van der Waals surface area contributed by atoms with Gasteiger partial charge in [-0.25, -0.2) is 4.98 Å². The molecule has 80 valence electrons. The van der Waals surface area contributed by atoms with Crippen LogP contribution in [0.4, 0.5) is 0 Å². The first kappa shape index (κ1) is 11.2. The van der Waals surface area contributed by atoms with Crippen LogP contribution in [-0.4, -0.2) is 16.1 Å². The van der Waals surface area contributed by atoms with Crippen LogP contribution in [-0.2, 0) is 6.54 Å². The summed E-state index contributed by atoms with van der Waals surface area (Å²) < 4.78 is 2.20. The number of imidazole rings is 1. The van der Waals surface area contributed by atoms with E-state index in [1.165, 1.54) is 5.69 Å². The van der Waals surface area contributed by atoms with Crippen molar-refractivity contribution >= 4 is 0 Å². The molecule has 0 fully saturated rings. The average molecular weight is 195 g/mol. The summed E-state index contributed by atoms with van der Waals surface area (Å²) in [5.74, 6) is 0.699. The minimum absolute atomic E-state index is 0.494. The molecule has 0 radical (unpaired) electrons.